The summed E-state index contributed by atoms with van der Waals surface area (Å²) >= 11 is 0. The van der Waals surface area contributed by atoms with Gasteiger partial charge in [-0.2, -0.15) is 0 Å². The van der Waals surface area contributed by atoms with Crippen LogP contribution >= 0.6 is 0 Å². The number of nitrogens with one attached hydrogen (secondary N) is 2. The molecule has 2 aromatic carbocycles. The third-order valence-electron chi connectivity index (χ3n) is 5.11. The lowest BCUT2D eigenvalue weighted by atomic mass is 10.1. The van der Waals surface area contributed by atoms with Gasteiger partial charge in [-0.1, -0.05) is 6.07 Å². The minimum atomic E-state index is -1.35. The highest BCUT2D eigenvalue weighted by Gasteiger charge is 2.28. The first-order valence-electron chi connectivity index (χ1n) is 8.92. The van der Waals surface area contributed by atoms with Gasteiger partial charge < -0.3 is 24.7 Å². The predicted octanol–water partition coefficient (Wildman–Crippen LogP) is 3.41. The number of fused-ring (bicyclic) bond motifs is 1. The molecule has 0 bridgehead atoms. The van der Waals surface area contributed by atoms with Gasteiger partial charge in [0.2, 0.25) is 5.43 Å². The Labute approximate surface area is 162 Å². The topological polar surface area (TPSA) is 109 Å². The normalized spacial score (nSPS) is 15.4. The molecule has 0 saturated carbocycles. The van der Waals surface area contributed by atoms with Crippen molar-refractivity contribution in [2.45, 2.75) is 13.0 Å². The molecule has 0 unspecified atom stereocenters. The number of hydrogen-bond donors (Lipinski definition) is 3. The standard InChI is InChI=1S/C20H15FN4O4/c1-9-7-29-19-15(24-14-4-2-3-13-16(14)23-8-22-13)12(21)5-10-17(19)25(9)6-11(18(10)26)20(27)28/h2-6,8-9,24H,7H2,1H3,(H,22,23)(H,27,28)/t9-/m0/s1. The number of benzene rings is 2. The first-order chi connectivity index (χ1) is 14.0. The smallest absolute Gasteiger partial charge is 0.341 e. The van der Waals surface area contributed by atoms with E-state index in [0.717, 1.165) is 11.6 Å². The number of pyridine rings is 1. The first-order valence-corrected chi connectivity index (χ1v) is 8.92. The largest absolute Gasteiger partial charge is 0.487 e. The zero-order valence-corrected chi connectivity index (χ0v) is 15.2. The zero-order chi connectivity index (χ0) is 20.3. The quantitative estimate of drug-likeness (QED) is 0.491. The van der Waals surface area contributed by atoms with E-state index in [1.165, 1.54) is 6.20 Å². The average molecular weight is 394 g/mol. The van der Waals surface area contributed by atoms with Gasteiger partial charge >= 0.3 is 5.97 Å². The fourth-order valence-corrected chi connectivity index (χ4v) is 3.70. The number of aromatic amines is 1. The molecule has 0 radical (unpaired) electrons. The maximum Gasteiger partial charge on any atom is 0.341 e. The SMILES string of the molecule is C[C@H]1COc2c(Nc3cccc4[nH]cnc34)c(F)cc3c(=O)c(C(=O)O)cn1c23. The molecule has 5 rings (SSSR count). The summed E-state index contributed by atoms with van der Waals surface area (Å²) in [6.07, 6.45) is 2.83. The summed E-state index contributed by atoms with van der Waals surface area (Å²) < 4.78 is 22.5. The van der Waals surface area contributed by atoms with Crippen molar-refractivity contribution < 1.29 is 19.0 Å². The average Bonchev–Trinajstić information content (AvgIpc) is 3.17. The molecule has 0 fully saturated rings. The molecule has 0 saturated heterocycles. The Bertz CT molecular complexity index is 1370. The minimum Gasteiger partial charge on any atom is -0.487 e. The van der Waals surface area contributed by atoms with Crippen molar-refractivity contribution in [3.63, 3.8) is 0 Å². The molecular weight excluding hydrogens is 379 g/mol. The molecule has 4 aromatic rings. The maximum absolute atomic E-state index is 15.1. The summed E-state index contributed by atoms with van der Waals surface area (Å²) in [7, 11) is 0. The summed E-state index contributed by atoms with van der Waals surface area (Å²) in [5.41, 5.74) is 1.25. The second-order valence-electron chi connectivity index (χ2n) is 6.93. The number of para-hydroxylation sites is 1. The number of ether oxygens (including phenoxy) is 1. The van der Waals surface area contributed by atoms with Crippen LogP contribution in [0.25, 0.3) is 21.9 Å². The van der Waals surface area contributed by atoms with E-state index >= 15 is 4.39 Å². The van der Waals surface area contributed by atoms with Crippen LogP contribution in [0.4, 0.5) is 15.8 Å². The van der Waals surface area contributed by atoms with Crippen LogP contribution in [-0.4, -0.2) is 32.2 Å². The molecule has 1 aliphatic heterocycles. The fourth-order valence-electron chi connectivity index (χ4n) is 3.70. The van der Waals surface area contributed by atoms with Crippen molar-refractivity contribution >= 4 is 39.3 Å². The monoisotopic (exact) mass is 394 g/mol. The van der Waals surface area contributed by atoms with Crippen molar-refractivity contribution in [2.24, 2.45) is 0 Å². The van der Waals surface area contributed by atoms with E-state index in [9.17, 15) is 14.7 Å². The van der Waals surface area contributed by atoms with E-state index < -0.39 is 22.8 Å². The van der Waals surface area contributed by atoms with Gasteiger partial charge in [0.1, 0.15) is 23.4 Å². The van der Waals surface area contributed by atoms with E-state index in [1.807, 2.05) is 13.0 Å². The zero-order valence-electron chi connectivity index (χ0n) is 15.2. The Balaban J connectivity index is 1.79. The Morgan fingerprint density at radius 1 is 1.45 bits per heavy atom. The van der Waals surface area contributed by atoms with Gasteiger partial charge in [0, 0.05) is 6.20 Å². The Kier molecular flexibility index (Phi) is 3.60. The number of aromatic nitrogens is 3. The maximum atomic E-state index is 15.1. The van der Waals surface area contributed by atoms with Crippen LogP contribution in [0.15, 0.2) is 41.6 Å². The number of rotatable bonds is 3. The molecule has 3 heterocycles. The van der Waals surface area contributed by atoms with E-state index in [1.54, 1.807) is 23.0 Å². The van der Waals surface area contributed by atoms with Gasteiger partial charge in [0.05, 0.1) is 34.5 Å². The van der Waals surface area contributed by atoms with Crippen molar-refractivity contribution in [3.05, 3.63) is 58.4 Å². The molecule has 0 spiro atoms. The number of imidazole rings is 1. The Morgan fingerprint density at radius 3 is 3.07 bits per heavy atom. The molecule has 3 N–H and O–H groups in total. The fraction of sp³-hybridized carbons (Fsp3) is 0.150. The summed E-state index contributed by atoms with van der Waals surface area (Å²) in [5, 5.41) is 12.4. The number of H-pyrrole nitrogens is 1. The molecule has 0 aliphatic carbocycles. The van der Waals surface area contributed by atoms with Crippen LogP contribution < -0.4 is 15.5 Å². The van der Waals surface area contributed by atoms with Gasteiger partial charge in [-0.25, -0.2) is 14.2 Å². The van der Waals surface area contributed by atoms with Gasteiger partial charge in [-0.05, 0) is 25.1 Å². The van der Waals surface area contributed by atoms with E-state index in [0.29, 0.717) is 16.7 Å². The number of halogens is 1. The summed E-state index contributed by atoms with van der Waals surface area (Å²) in [5.74, 6) is -1.91. The van der Waals surface area contributed by atoms with Crippen molar-refractivity contribution in [1.29, 1.82) is 0 Å². The molecule has 0 amide bonds. The number of hydrogen-bond acceptors (Lipinski definition) is 5. The summed E-state index contributed by atoms with van der Waals surface area (Å²) in [6, 6.07) is 6.23. The number of aromatic carboxylic acids is 1. The lowest BCUT2D eigenvalue weighted by Crippen LogP contribution is -2.27. The van der Waals surface area contributed by atoms with Crippen LogP contribution in [0.2, 0.25) is 0 Å². The number of carboxylic acids is 1. The number of carboxylic acid groups (broad SMARTS) is 1. The predicted molar refractivity (Wildman–Crippen MR) is 105 cm³/mol. The highest BCUT2D eigenvalue weighted by atomic mass is 19.1. The molecule has 1 aliphatic rings. The van der Waals surface area contributed by atoms with Gasteiger partial charge in [0.25, 0.3) is 0 Å². The summed E-state index contributed by atoms with van der Waals surface area (Å²) in [4.78, 5) is 31.3. The second kappa shape index (κ2) is 6.06. The number of nitrogens with zero attached hydrogens (tertiary/aromatic N) is 2. The molecule has 146 valence electrons. The minimum absolute atomic E-state index is 0.0347. The van der Waals surface area contributed by atoms with Crippen LogP contribution in [0, 0.1) is 5.82 Å². The third kappa shape index (κ3) is 2.47. The lowest BCUT2D eigenvalue weighted by molar-refractivity contribution is 0.0694. The van der Waals surface area contributed by atoms with Crippen molar-refractivity contribution in [3.8, 4) is 5.75 Å². The van der Waals surface area contributed by atoms with Gasteiger partial charge in [0.15, 0.2) is 11.6 Å². The third-order valence-corrected chi connectivity index (χ3v) is 5.11. The Hall–Kier alpha value is -3.88. The highest BCUT2D eigenvalue weighted by molar-refractivity contribution is 5.99. The van der Waals surface area contributed by atoms with Crippen molar-refractivity contribution in [2.75, 3.05) is 11.9 Å². The van der Waals surface area contributed by atoms with E-state index in [-0.39, 0.29) is 29.5 Å². The molecule has 29 heavy (non-hydrogen) atoms. The summed E-state index contributed by atoms with van der Waals surface area (Å²) in [6.45, 7) is 2.04. The lowest BCUT2D eigenvalue weighted by Gasteiger charge is -2.28. The second-order valence-corrected chi connectivity index (χ2v) is 6.93. The van der Waals surface area contributed by atoms with Crippen LogP contribution in [0.1, 0.15) is 23.3 Å². The van der Waals surface area contributed by atoms with E-state index in [2.05, 4.69) is 15.3 Å². The van der Waals surface area contributed by atoms with E-state index in [4.69, 9.17) is 4.74 Å². The molecule has 9 heteroatoms. The van der Waals surface area contributed by atoms with Crippen LogP contribution in [0.3, 0.4) is 0 Å². The van der Waals surface area contributed by atoms with Crippen molar-refractivity contribution in [1.82, 2.24) is 14.5 Å². The molecule has 8 nitrogen and oxygen atoms in total. The highest BCUT2D eigenvalue weighted by Crippen LogP contribution is 2.41. The van der Waals surface area contributed by atoms with Crippen LogP contribution in [-0.2, 0) is 0 Å². The first kappa shape index (κ1) is 17.2. The van der Waals surface area contributed by atoms with Crippen LogP contribution in [0.5, 0.6) is 5.75 Å². The van der Waals surface area contributed by atoms with Gasteiger partial charge in [-0.3, -0.25) is 4.79 Å². The number of carbonyl (C=O) groups is 1. The van der Waals surface area contributed by atoms with Gasteiger partial charge in [-0.15, -0.1) is 0 Å². The molecular formula is C20H15FN4O4. The molecule has 1 atom stereocenters. The Morgan fingerprint density at radius 2 is 2.28 bits per heavy atom. The molecule has 2 aromatic heterocycles. The number of anilines is 2.